The van der Waals surface area contributed by atoms with Crippen LogP contribution >= 0.6 is 34.3 Å². The maximum atomic E-state index is 14.1. The number of carbonyl (C=O) groups is 4. The zero-order valence-corrected chi connectivity index (χ0v) is 42.0. The van der Waals surface area contributed by atoms with Crippen LogP contribution < -0.4 is 10.6 Å². The molecule has 5 heterocycles. The highest BCUT2D eigenvalue weighted by Gasteiger charge is 2.45. The van der Waals surface area contributed by atoms with Crippen molar-refractivity contribution in [2.24, 2.45) is 10.4 Å². The van der Waals surface area contributed by atoms with E-state index >= 15 is 0 Å². The van der Waals surface area contributed by atoms with Crippen LogP contribution in [-0.4, -0.2) is 117 Å². The van der Waals surface area contributed by atoms with Gasteiger partial charge in [-0.2, -0.15) is 0 Å². The number of nitrogens with zero attached hydrogens (tertiary/aromatic N) is 6. The van der Waals surface area contributed by atoms with E-state index in [0.29, 0.717) is 29.7 Å². The molecule has 3 aromatic heterocycles. The Labute approximate surface area is 409 Å². The maximum absolute atomic E-state index is 14.1. The Morgan fingerprint density at radius 2 is 1.63 bits per heavy atom. The summed E-state index contributed by atoms with van der Waals surface area (Å²) >= 11 is 9.43. The van der Waals surface area contributed by atoms with Crippen molar-refractivity contribution in [3.05, 3.63) is 104 Å². The maximum Gasteiger partial charge on any atom is 0.308 e. The Bertz CT molecular complexity index is 2640. The van der Waals surface area contributed by atoms with E-state index in [1.54, 1.807) is 22.7 Å². The summed E-state index contributed by atoms with van der Waals surface area (Å²) in [7, 11) is 0. The lowest BCUT2D eigenvalue weighted by Crippen LogP contribution is -2.58. The lowest BCUT2D eigenvalue weighted by Gasteiger charge is -2.35. The molecule has 3 amide bonds. The number of rotatable bonds is 18. The van der Waals surface area contributed by atoms with Gasteiger partial charge < -0.3 is 34.9 Å². The first-order valence-corrected chi connectivity index (χ1v) is 24.7. The van der Waals surface area contributed by atoms with Crippen LogP contribution in [0, 0.1) is 33.1 Å². The first-order chi connectivity index (χ1) is 32.4. The second-order valence-electron chi connectivity index (χ2n) is 18.2. The normalized spacial score (nSPS) is 17.7. The molecule has 3 N–H and O–H groups in total. The SMILES string of the molecule is Cc1ncsc1-c1ccc(C(C)NC(=O)C2CC(O)CN2C(=O)C(NC(=O)COCCCOCCOC(=O)CC2N=C(c3ccc(Cl)cc3)c3c(sc(C)c3C)-n3c(C)nnc32)C(C)(C)C)cc1. The minimum absolute atomic E-state index is 0.0276. The Hall–Kier alpha value is -5.37. The molecule has 2 aliphatic heterocycles. The zero-order chi connectivity index (χ0) is 48.9. The van der Waals surface area contributed by atoms with E-state index in [0.717, 1.165) is 54.0 Å². The predicted molar refractivity (Wildman–Crippen MR) is 261 cm³/mol. The van der Waals surface area contributed by atoms with E-state index < -0.39 is 47.4 Å². The van der Waals surface area contributed by atoms with Gasteiger partial charge in [0.1, 0.15) is 42.2 Å². The van der Waals surface area contributed by atoms with Crippen molar-refractivity contribution in [1.29, 1.82) is 0 Å². The van der Waals surface area contributed by atoms with Crippen LogP contribution in [-0.2, 0) is 33.4 Å². The molecule has 2 aliphatic rings. The number of carbonyl (C=O) groups excluding carboxylic acids is 4. The summed E-state index contributed by atoms with van der Waals surface area (Å²) in [6.45, 7) is 15.7. The van der Waals surface area contributed by atoms with Gasteiger partial charge in [-0.25, -0.2) is 4.98 Å². The number of amides is 3. The van der Waals surface area contributed by atoms with Gasteiger partial charge in [0.05, 0.1) is 47.0 Å². The van der Waals surface area contributed by atoms with Gasteiger partial charge in [0.25, 0.3) is 0 Å². The molecule has 0 aliphatic carbocycles. The number of fused-ring (bicyclic) bond motifs is 3. The Kier molecular flexibility index (Phi) is 16.3. The highest BCUT2D eigenvalue weighted by atomic mass is 35.5. The van der Waals surface area contributed by atoms with Crippen LogP contribution in [0.1, 0.15) is 104 Å². The third-order valence-electron chi connectivity index (χ3n) is 12.1. The molecule has 1 saturated heterocycles. The lowest BCUT2D eigenvalue weighted by molar-refractivity contribution is -0.145. The predicted octanol–water partition coefficient (Wildman–Crippen LogP) is 6.96. The number of aliphatic hydroxyl groups is 1. The molecule has 7 rings (SSSR count). The van der Waals surface area contributed by atoms with E-state index in [-0.39, 0.29) is 57.8 Å². The number of nitrogens with one attached hydrogen (secondary N) is 2. The molecule has 19 heteroatoms. The topological polar surface area (TPSA) is 199 Å². The van der Waals surface area contributed by atoms with Crippen LogP contribution in [0.15, 0.2) is 59.0 Å². The molecule has 16 nitrogen and oxygen atoms in total. The first kappa shape index (κ1) is 50.5. The van der Waals surface area contributed by atoms with Crippen LogP contribution in [0.3, 0.4) is 0 Å². The van der Waals surface area contributed by atoms with E-state index in [1.807, 2.05) is 100 Å². The van der Waals surface area contributed by atoms with Crippen molar-refractivity contribution >= 4 is 63.7 Å². The third kappa shape index (κ3) is 11.7. The van der Waals surface area contributed by atoms with Gasteiger partial charge in [-0.1, -0.05) is 68.8 Å². The summed E-state index contributed by atoms with van der Waals surface area (Å²) in [6.07, 6.45) is -0.411. The van der Waals surface area contributed by atoms with E-state index in [1.165, 1.54) is 4.90 Å². The molecule has 5 atom stereocenters. The highest BCUT2D eigenvalue weighted by molar-refractivity contribution is 7.15. The molecular formula is C49H59ClN8O8S2. The van der Waals surface area contributed by atoms with Crippen LogP contribution in [0.5, 0.6) is 0 Å². The van der Waals surface area contributed by atoms with Crippen molar-refractivity contribution in [2.45, 2.75) is 105 Å². The van der Waals surface area contributed by atoms with Gasteiger partial charge in [0.15, 0.2) is 5.82 Å². The molecule has 362 valence electrons. The molecule has 0 saturated carbocycles. The number of aromatic nitrogens is 4. The first-order valence-electron chi connectivity index (χ1n) is 22.7. The molecule has 0 spiro atoms. The molecule has 5 unspecified atom stereocenters. The minimum atomic E-state index is -0.991. The fourth-order valence-electron chi connectivity index (χ4n) is 8.31. The minimum Gasteiger partial charge on any atom is -0.463 e. The van der Waals surface area contributed by atoms with Gasteiger partial charge in [0.2, 0.25) is 17.7 Å². The smallest absolute Gasteiger partial charge is 0.308 e. The Morgan fingerprint density at radius 3 is 2.32 bits per heavy atom. The number of thiazole rings is 1. The number of β-amino-alcohol motifs (C(OH)–C–C–N with tert-alkyl or cyclic N) is 1. The summed E-state index contributed by atoms with van der Waals surface area (Å²) in [5.41, 5.74) is 7.66. The van der Waals surface area contributed by atoms with Crippen LogP contribution in [0.4, 0.5) is 0 Å². The van der Waals surface area contributed by atoms with Crippen molar-refractivity contribution in [1.82, 2.24) is 35.3 Å². The van der Waals surface area contributed by atoms with E-state index in [4.69, 9.17) is 30.8 Å². The van der Waals surface area contributed by atoms with E-state index in [9.17, 15) is 24.3 Å². The van der Waals surface area contributed by atoms with Crippen molar-refractivity contribution in [2.75, 3.05) is 39.6 Å². The number of aryl methyl sites for hydroxylation is 3. The Morgan fingerprint density at radius 1 is 0.926 bits per heavy atom. The van der Waals surface area contributed by atoms with Crippen LogP contribution in [0.25, 0.3) is 15.4 Å². The van der Waals surface area contributed by atoms with Crippen LogP contribution in [0.2, 0.25) is 5.02 Å². The molecule has 5 aromatic rings. The largest absolute Gasteiger partial charge is 0.463 e. The summed E-state index contributed by atoms with van der Waals surface area (Å²) in [6, 6.07) is 12.5. The number of likely N-dealkylation sites (tertiary alicyclic amines) is 1. The summed E-state index contributed by atoms with van der Waals surface area (Å²) < 4.78 is 18.8. The number of hydrogen-bond donors (Lipinski definition) is 3. The molecule has 68 heavy (non-hydrogen) atoms. The highest BCUT2D eigenvalue weighted by Crippen LogP contribution is 2.40. The number of benzene rings is 2. The average molecular weight is 988 g/mol. The van der Waals surface area contributed by atoms with Gasteiger partial charge in [0, 0.05) is 47.2 Å². The number of ether oxygens (including phenoxy) is 3. The summed E-state index contributed by atoms with van der Waals surface area (Å²) in [5, 5.41) is 26.8. The van der Waals surface area contributed by atoms with E-state index in [2.05, 4.69) is 39.7 Å². The average Bonchev–Trinajstić information content (AvgIpc) is 4.07. The number of thiophene rings is 1. The molecule has 0 bridgehead atoms. The second-order valence-corrected chi connectivity index (χ2v) is 20.7. The summed E-state index contributed by atoms with van der Waals surface area (Å²) in [4.78, 5) is 67.1. The molecule has 2 aromatic carbocycles. The van der Waals surface area contributed by atoms with Crippen molar-refractivity contribution in [3.8, 4) is 15.4 Å². The lowest BCUT2D eigenvalue weighted by atomic mass is 9.85. The number of halogens is 1. The monoisotopic (exact) mass is 986 g/mol. The fourth-order valence-corrected chi connectivity index (χ4v) is 10.5. The number of aliphatic hydroxyl groups excluding tert-OH is 1. The molecule has 0 radical (unpaired) electrons. The standard InChI is InChI=1S/C49H59ClN8O8S2/c1-27-30(4)68-48-41(27)42(33-14-16-35(50)17-15-33)53-37(45-56-55-31(5)58(45)48)23-40(61)66-21-20-64-18-9-19-65-25-39(60)54-44(49(6,7)8)47(63)57-24-36(59)22-38(57)46(62)52-28(2)32-10-12-34(13-11-32)43-29(3)51-26-67-43/h10-17,26,28,36-38,44,59H,9,18-25H2,1-8H3,(H,52,62)(H,54,60). The van der Waals surface area contributed by atoms with Crippen molar-refractivity contribution in [3.63, 3.8) is 0 Å². The van der Waals surface area contributed by atoms with Gasteiger partial charge in [-0.05, 0) is 75.3 Å². The van der Waals surface area contributed by atoms with Gasteiger partial charge >= 0.3 is 5.97 Å². The van der Waals surface area contributed by atoms with Crippen molar-refractivity contribution < 1.29 is 38.5 Å². The zero-order valence-electron chi connectivity index (χ0n) is 39.6. The summed E-state index contributed by atoms with van der Waals surface area (Å²) in [5.74, 6) is -0.547. The number of esters is 1. The molecule has 1 fully saturated rings. The van der Waals surface area contributed by atoms with Gasteiger partial charge in [-0.15, -0.1) is 32.9 Å². The second kappa shape index (κ2) is 21.9. The number of hydrogen-bond acceptors (Lipinski definition) is 14. The number of aliphatic imine (C=N–C) groups is 1. The quantitative estimate of drug-likeness (QED) is 0.0606. The third-order valence-corrected chi connectivity index (χ3v) is 14.5. The fraction of sp³-hybridized carbons (Fsp3) is 0.469. The Balaban J connectivity index is 0.840. The van der Waals surface area contributed by atoms with Gasteiger partial charge in [-0.3, -0.25) is 28.7 Å². The molecular weight excluding hydrogens is 928 g/mol.